The van der Waals surface area contributed by atoms with Gasteiger partial charge in [-0.25, -0.2) is 4.98 Å². The van der Waals surface area contributed by atoms with Crippen molar-refractivity contribution in [3.8, 4) is 5.75 Å². The summed E-state index contributed by atoms with van der Waals surface area (Å²) >= 11 is 6.01. The summed E-state index contributed by atoms with van der Waals surface area (Å²) in [6.45, 7) is 4.69. The van der Waals surface area contributed by atoms with Gasteiger partial charge in [-0.15, -0.1) is 0 Å². The lowest BCUT2D eigenvalue weighted by molar-refractivity contribution is 0.103. The molecule has 1 aliphatic rings. The number of aliphatic hydroxyl groups is 1. The van der Waals surface area contributed by atoms with E-state index in [-0.39, 0.29) is 12.4 Å². The van der Waals surface area contributed by atoms with Crippen LogP contribution in [0.25, 0.3) is 10.9 Å². The number of nitrogens with one attached hydrogen (secondary N) is 1. The number of ketones is 1. The van der Waals surface area contributed by atoms with Crippen molar-refractivity contribution in [1.29, 1.82) is 0 Å². The van der Waals surface area contributed by atoms with Crippen molar-refractivity contribution < 1.29 is 14.6 Å². The van der Waals surface area contributed by atoms with Gasteiger partial charge in [0.15, 0.2) is 5.78 Å². The van der Waals surface area contributed by atoms with Gasteiger partial charge in [0.1, 0.15) is 10.9 Å². The van der Waals surface area contributed by atoms with Crippen LogP contribution in [0.1, 0.15) is 47.4 Å². The molecule has 4 rings (SSSR count). The van der Waals surface area contributed by atoms with E-state index < -0.39 is 5.41 Å². The fraction of sp³-hybridized carbons (Fsp3) is 0.300. The van der Waals surface area contributed by atoms with E-state index in [1.54, 1.807) is 18.3 Å². The van der Waals surface area contributed by atoms with Crippen molar-refractivity contribution in [2.45, 2.75) is 25.7 Å². The molecular weight excluding hydrogens is 352 g/mol. The molecular formula is C20H19ClN2O3. The summed E-state index contributed by atoms with van der Waals surface area (Å²) in [4.78, 5) is 20.7. The van der Waals surface area contributed by atoms with Crippen LogP contribution in [0.4, 0.5) is 0 Å². The van der Waals surface area contributed by atoms with Crippen LogP contribution in [0.5, 0.6) is 5.75 Å². The first-order valence-electron chi connectivity index (χ1n) is 8.54. The third-order valence-electron chi connectivity index (χ3n) is 4.98. The van der Waals surface area contributed by atoms with Gasteiger partial charge in [-0.1, -0.05) is 25.4 Å². The molecule has 3 aromatic rings. The van der Waals surface area contributed by atoms with Crippen LogP contribution in [0.2, 0.25) is 5.15 Å². The summed E-state index contributed by atoms with van der Waals surface area (Å²) < 4.78 is 5.69. The Labute approximate surface area is 156 Å². The van der Waals surface area contributed by atoms with E-state index in [0.29, 0.717) is 35.1 Å². The van der Waals surface area contributed by atoms with Crippen LogP contribution in [-0.4, -0.2) is 34.1 Å². The van der Waals surface area contributed by atoms with E-state index in [0.717, 1.165) is 22.2 Å². The van der Waals surface area contributed by atoms with Crippen LogP contribution in [0.3, 0.4) is 0 Å². The zero-order valence-electron chi connectivity index (χ0n) is 14.6. The number of rotatable bonds is 4. The van der Waals surface area contributed by atoms with Crippen LogP contribution < -0.4 is 4.74 Å². The van der Waals surface area contributed by atoms with Crippen LogP contribution in [-0.2, 0) is 5.41 Å². The number of carbonyl (C=O) groups is 1. The highest BCUT2D eigenvalue weighted by Gasteiger charge is 2.39. The molecule has 6 heteroatoms. The molecule has 0 bridgehead atoms. The molecule has 5 nitrogen and oxygen atoms in total. The van der Waals surface area contributed by atoms with Crippen molar-refractivity contribution in [2.75, 3.05) is 13.2 Å². The van der Waals surface area contributed by atoms with Gasteiger partial charge in [-0.3, -0.25) is 4.79 Å². The number of aromatic amines is 1. The van der Waals surface area contributed by atoms with Crippen LogP contribution in [0.15, 0.2) is 30.5 Å². The van der Waals surface area contributed by atoms with E-state index in [1.165, 1.54) is 0 Å². The predicted molar refractivity (Wildman–Crippen MR) is 100 cm³/mol. The second-order valence-corrected chi connectivity index (χ2v) is 7.40. The second-order valence-electron chi connectivity index (χ2n) is 7.01. The zero-order valence-corrected chi connectivity index (χ0v) is 15.4. The largest absolute Gasteiger partial charge is 0.493 e. The van der Waals surface area contributed by atoms with E-state index >= 15 is 0 Å². The van der Waals surface area contributed by atoms with Gasteiger partial charge in [-0.2, -0.15) is 0 Å². The highest BCUT2D eigenvalue weighted by molar-refractivity contribution is 6.30. The number of pyridine rings is 1. The van der Waals surface area contributed by atoms with Gasteiger partial charge < -0.3 is 14.8 Å². The fourth-order valence-electron chi connectivity index (χ4n) is 3.62. The average molecular weight is 371 g/mol. The van der Waals surface area contributed by atoms with Gasteiger partial charge in [0.2, 0.25) is 0 Å². The molecule has 0 saturated heterocycles. The number of nitrogens with zero attached hydrogens (tertiary/aromatic N) is 1. The Morgan fingerprint density at radius 2 is 2.12 bits per heavy atom. The highest BCUT2D eigenvalue weighted by atomic mass is 35.5. The fourth-order valence-corrected chi connectivity index (χ4v) is 3.78. The van der Waals surface area contributed by atoms with E-state index in [4.69, 9.17) is 21.4 Å². The Morgan fingerprint density at radius 1 is 1.31 bits per heavy atom. The molecule has 26 heavy (non-hydrogen) atoms. The second kappa shape index (κ2) is 6.11. The Kier molecular flexibility index (Phi) is 4.01. The molecule has 2 N–H and O–H groups in total. The average Bonchev–Trinajstić information content (AvgIpc) is 3.00. The standard InChI is InChI=1S/C20H19ClN2O3/c1-20(2)14-8-11(26-7-3-6-24)4-5-12(14)18(25)17-13-10-22-16(21)9-15(13)23-19(17)20/h4-5,8-10,23-24H,3,6-7H2,1-2H3. The highest BCUT2D eigenvalue weighted by Crippen LogP contribution is 2.44. The third-order valence-corrected chi connectivity index (χ3v) is 5.19. The first kappa shape index (κ1) is 17.1. The number of ether oxygens (including phenoxy) is 1. The molecule has 0 fully saturated rings. The molecule has 0 atom stereocenters. The van der Waals surface area contributed by atoms with Crippen molar-refractivity contribution in [3.05, 3.63) is 58.0 Å². The summed E-state index contributed by atoms with van der Waals surface area (Å²) in [6.07, 6.45) is 2.22. The van der Waals surface area contributed by atoms with Gasteiger partial charge in [0.25, 0.3) is 0 Å². The summed E-state index contributed by atoms with van der Waals surface area (Å²) in [6, 6.07) is 7.29. The number of aliphatic hydroxyl groups excluding tert-OH is 1. The lowest BCUT2D eigenvalue weighted by Gasteiger charge is -2.32. The number of benzene rings is 1. The molecule has 0 aliphatic heterocycles. The van der Waals surface area contributed by atoms with Gasteiger partial charge >= 0.3 is 0 Å². The summed E-state index contributed by atoms with van der Waals surface area (Å²) in [5.41, 5.74) is 3.52. The van der Waals surface area contributed by atoms with Gasteiger partial charge in [0.05, 0.1) is 17.7 Å². The Morgan fingerprint density at radius 3 is 2.88 bits per heavy atom. The van der Waals surface area contributed by atoms with Crippen LogP contribution >= 0.6 is 11.6 Å². The Hall–Kier alpha value is -2.37. The zero-order chi connectivity index (χ0) is 18.5. The van der Waals surface area contributed by atoms with Crippen molar-refractivity contribution in [3.63, 3.8) is 0 Å². The normalized spacial score (nSPS) is 15.0. The quantitative estimate of drug-likeness (QED) is 0.540. The van der Waals surface area contributed by atoms with Gasteiger partial charge in [-0.05, 0) is 29.8 Å². The molecule has 0 unspecified atom stereocenters. The number of aromatic nitrogens is 2. The number of halogens is 1. The maximum absolute atomic E-state index is 13.2. The lowest BCUT2D eigenvalue weighted by atomic mass is 9.71. The topological polar surface area (TPSA) is 75.2 Å². The van der Waals surface area contributed by atoms with Crippen LogP contribution in [0, 0.1) is 0 Å². The summed E-state index contributed by atoms with van der Waals surface area (Å²) in [7, 11) is 0. The van der Waals surface area contributed by atoms with Crippen molar-refractivity contribution in [2.24, 2.45) is 0 Å². The molecule has 1 aromatic carbocycles. The molecule has 0 saturated carbocycles. The van der Waals surface area contributed by atoms with E-state index in [9.17, 15) is 4.79 Å². The van der Waals surface area contributed by atoms with Crippen molar-refractivity contribution in [1.82, 2.24) is 9.97 Å². The Bertz CT molecular complexity index is 1020. The summed E-state index contributed by atoms with van der Waals surface area (Å²) in [5.74, 6) is 0.675. The SMILES string of the molecule is CC1(C)c2cc(OCCCO)ccc2C(=O)c2c1[nH]c1cc(Cl)ncc21. The minimum atomic E-state index is -0.402. The lowest BCUT2D eigenvalue weighted by Crippen LogP contribution is -2.30. The maximum atomic E-state index is 13.2. The molecule has 134 valence electrons. The predicted octanol–water partition coefficient (Wildman–Crippen LogP) is 3.85. The number of fused-ring (bicyclic) bond motifs is 4. The number of hydrogen-bond acceptors (Lipinski definition) is 4. The molecule has 2 heterocycles. The minimum absolute atomic E-state index is 0.0217. The van der Waals surface area contributed by atoms with E-state index in [1.807, 2.05) is 12.1 Å². The number of hydrogen-bond donors (Lipinski definition) is 2. The van der Waals surface area contributed by atoms with E-state index in [2.05, 4.69) is 23.8 Å². The van der Waals surface area contributed by atoms with Gasteiger partial charge in [0, 0.05) is 41.3 Å². The molecule has 1 aliphatic carbocycles. The number of H-pyrrole nitrogens is 1. The monoisotopic (exact) mass is 370 g/mol. The summed E-state index contributed by atoms with van der Waals surface area (Å²) in [5, 5.41) is 10.1. The first-order chi connectivity index (χ1) is 12.4. The van der Waals surface area contributed by atoms with Crippen molar-refractivity contribution >= 4 is 28.3 Å². The first-order valence-corrected chi connectivity index (χ1v) is 8.92. The Balaban J connectivity index is 1.86. The smallest absolute Gasteiger partial charge is 0.195 e. The third kappa shape index (κ3) is 2.50. The molecule has 0 amide bonds. The molecule has 2 aromatic heterocycles. The molecule has 0 spiro atoms. The molecule has 0 radical (unpaired) electrons. The minimum Gasteiger partial charge on any atom is -0.493 e. The maximum Gasteiger partial charge on any atom is 0.195 e. The number of carbonyl (C=O) groups excluding carboxylic acids is 1.